The first-order valence-electron chi connectivity index (χ1n) is 10.6. The fourth-order valence-corrected chi connectivity index (χ4v) is 4.70. The molecule has 2 aromatic carbocycles. The van der Waals surface area contributed by atoms with Gasteiger partial charge in [0.1, 0.15) is 0 Å². The predicted octanol–water partition coefficient (Wildman–Crippen LogP) is 3.44. The highest BCUT2D eigenvalue weighted by Gasteiger charge is 2.64. The van der Waals surface area contributed by atoms with Crippen molar-refractivity contribution in [2.75, 3.05) is 12.8 Å². The fraction of sp³-hybridized carbons (Fsp3) is 0.348. The molecule has 0 spiro atoms. The second kappa shape index (κ2) is 8.22. The van der Waals surface area contributed by atoms with E-state index in [0.717, 1.165) is 16.8 Å². The maximum Gasteiger partial charge on any atom is 0.419 e. The topological polar surface area (TPSA) is 115 Å². The van der Waals surface area contributed by atoms with Crippen LogP contribution in [0.4, 0.5) is 23.4 Å². The van der Waals surface area contributed by atoms with Crippen molar-refractivity contribution >= 4 is 11.7 Å². The molecule has 186 valence electrons. The Balaban J connectivity index is 1.82. The van der Waals surface area contributed by atoms with Gasteiger partial charge in [-0.05, 0) is 35.6 Å². The number of nitrogens with two attached hydrogens (primary N) is 1. The largest absolute Gasteiger partial charge is 0.493 e. The minimum absolute atomic E-state index is 0.111. The van der Waals surface area contributed by atoms with Crippen LogP contribution in [0, 0.1) is 5.82 Å². The Kier molecular flexibility index (Phi) is 5.75. The zero-order valence-electron chi connectivity index (χ0n) is 19.0. The smallest absolute Gasteiger partial charge is 0.419 e. The average molecular weight is 493 g/mol. The van der Waals surface area contributed by atoms with Crippen molar-refractivity contribution in [2.45, 2.75) is 43.5 Å². The van der Waals surface area contributed by atoms with Gasteiger partial charge in [0.25, 0.3) is 5.91 Å². The first kappa shape index (κ1) is 24.5. The van der Waals surface area contributed by atoms with Gasteiger partial charge in [-0.1, -0.05) is 43.3 Å². The summed E-state index contributed by atoms with van der Waals surface area (Å²) in [5.41, 5.74) is 1.30. The first-order valence-corrected chi connectivity index (χ1v) is 10.6. The number of aliphatic hydroxyl groups is 1. The van der Waals surface area contributed by atoms with E-state index in [9.17, 15) is 27.5 Å². The van der Waals surface area contributed by atoms with Gasteiger partial charge in [-0.25, -0.2) is 4.39 Å². The lowest BCUT2D eigenvalue weighted by atomic mass is 9.63. The summed E-state index contributed by atoms with van der Waals surface area (Å²) < 4.78 is 63.6. The zero-order valence-corrected chi connectivity index (χ0v) is 19.0. The molecule has 4 N–H and O–H groups in total. The normalized spacial score (nSPS) is 21.3. The molecule has 12 heteroatoms. The maximum atomic E-state index is 14.5. The van der Waals surface area contributed by atoms with E-state index >= 15 is 0 Å². The number of amides is 1. The second-order valence-corrected chi connectivity index (χ2v) is 9.00. The number of aromatic nitrogens is 3. The number of hydrogen-bond donors (Lipinski definition) is 3. The van der Waals surface area contributed by atoms with Crippen LogP contribution in [0.25, 0.3) is 5.69 Å². The lowest BCUT2D eigenvalue weighted by Crippen LogP contribution is -2.61. The van der Waals surface area contributed by atoms with Crippen LogP contribution in [0.15, 0.2) is 42.5 Å². The summed E-state index contributed by atoms with van der Waals surface area (Å²) in [6.07, 6.45) is -6.01. The fourth-order valence-electron chi connectivity index (χ4n) is 4.70. The third-order valence-electron chi connectivity index (χ3n) is 6.21. The number of benzene rings is 2. The van der Waals surface area contributed by atoms with Crippen molar-refractivity contribution in [1.82, 2.24) is 20.3 Å². The summed E-state index contributed by atoms with van der Waals surface area (Å²) in [6.45, 7) is 2.87. The summed E-state index contributed by atoms with van der Waals surface area (Å²) in [6, 6.07) is 8.47. The van der Waals surface area contributed by atoms with Crippen LogP contribution in [0.3, 0.4) is 0 Å². The number of rotatable bonds is 4. The van der Waals surface area contributed by atoms with E-state index in [1.165, 1.54) is 21.0 Å². The monoisotopic (exact) mass is 493 g/mol. The highest BCUT2D eigenvalue weighted by Crippen LogP contribution is 2.55. The third-order valence-corrected chi connectivity index (χ3v) is 6.21. The number of nitrogens with zero attached hydrogens (tertiary/aromatic N) is 3. The van der Waals surface area contributed by atoms with Crippen molar-refractivity contribution in [3.8, 4) is 11.4 Å². The molecule has 1 aliphatic rings. The Hall–Kier alpha value is -3.67. The number of methoxy groups -OCH3 is 1. The Morgan fingerprint density at radius 3 is 2.49 bits per heavy atom. The third kappa shape index (κ3) is 3.87. The number of hydrogen-bond acceptors (Lipinski definition) is 6. The number of nitrogens with one attached hydrogen (secondary N) is 1. The number of para-hydroxylation sites is 1. The van der Waals surface area contributed by atoms with Crippen molar-refractivity contribution < 1.29 is 32.2 Å². The van der Waals surface area contributed by atoms with Gasteiger partial charge in [-0.3, -0.25) is 4.79 Å². The molecule has 4 rings (SSSR count). The second-order valence-electron chi connectivity index (χ2n) is 9.00. The number of alkyl halides is 3. The number of fused-ring (bicyclic) bond motifs is 1. The molecule has 8 nitrogen and oxygen atoms in total. The van der Waals surface area contributed by atoms with Gasteiger partial charge in [0, 0.05) is 5.56 Å². The molecule has 0 aliphatic heterocycles. The molecular weight excluding hydrogens is 470 g/mol. The van der Waals surface area contributed by atoms with Crippen LogP contribution in [0.2, 0.25) is 0 Å². The molecule has 1 aromatic heterocycles. The van der Waals surface area contributed by atoms with Gasteiger partial charge in [0.15, 0.2) is 28.7 Å². The SMILES string of the molecule is COc1c(F)ccc2c1C(C)(C)C[C@](O)(C(F)(F)F)[C@@H]2NC(=O)c1nnn(-c2ccccc2)c1N. The number of halogens is 4. The predicted molar refractivity (Wildman–Crippen MR) is 118 cm³/mol. The summed E-state index contributed by atoms with van der Waals surface area (Å²) in [4.78, 5) is 13.1. The number of nitrogen functional groups attached to an aromatic ring is 1. The zero-order chi connectivity index (χ0) is 25.8. The van der Waals surface area contributed by atoms with Crippen LogP contribution in [-0.4, -0.2) is 44.9 Å². The van der Waals surface area contributed by atoms with Gasteiger partial charge in [0.05, 0.1) is 18.8 Å². The van der Waals surface area contributed by atoms with Crippen molar-refractivity contribution in [3.05, 3.63) is 65.1 Å². The van der Waals surface area contributed by atoms with E-state index in [0.29, 0.717) is 5.69 Å². The summed E-state index contributed by atoms with van der Waals surface area (Å²) >= 11 is 0. The van der Waals surface area contributed by atoms with E-state index in [1.54, 1.807) is 30.3 Å². The van der Waals surface area contributed by atoms with Crippen LogP contribution in [0.5, 0.6) is 5.75 Å². The lowest BCUT2D eigenvalue weighted by molar-refractivity contribution is -0.280. The van der Waals surface area contributed by atoms with E-state index in [-0.39, 0.29) is 22.7 Å². The molecule has 35 heavy (non-hydrogen) atoms. The quantitative estimate of drug-likeness (QED) is 0.480. The summed E-state index contributed by atoms with van der Waals surface area (Å²) in [7, 11) is 1.19. The van der Waals surface area contributed by atoms with Crippen molar-refractivity contribution in [3.63, 3.8) is 0 Å². The van der Waals surface area contributed by atoms with Gasteiger partial charge in [-0.2, -0.15) is 17.9 Å². The Morgan fingerprint density at radius 2 is 1.89 bits per heavy atom. The molecule has 1 aliphatic carbocycles. The average Bonchev–Trinajstić information content (AvgIpc) is 3.17. The van der Waals surface area contributed by atoms with Gasteiger partial charge in [-0.15, -0.1) is 5.10 Å². The standard InChI is InChI=1S/C23H23F4N5O3/c1-21(2)11-22(34,23(25,26)27)18(13-9-10-14(24)17(35-3)15(13)21)29-20(33)16-19(28)32(31-30-16)12-7-5-4-6-8-12/h4-10,18,34H,11,28H2,1-3H3,(H,29,33)/t18-,22-/m1/s1. The Morgan fingerprint density at radius 1 is 1.23 bits per heavy atom. The lowest BCUT2D eigenvalue weighted by Gasteiger charge is -2.48. The highest BCUT2D eigenvalue weighted by atomic mass is 19.4. The molecule has 1 amide bonds. The van der Waals surface area contributed by atoms with Gasteiger partial charge < -0.3 is 20.9 Å². The Bertz CT molecular complexity index is 1280. The van der Waals surface area contributed by atoms with E-state index < -0.39 is 47.1 Å². The number of carbonyl (C=O) groups is 1. The van der Waals surface area contributed by atoms with E-state index in [2.05, 4.69) is 15.6 Å². The molecule has 0 fully saturated rings. The summed E-state index contributed by atoms with van der Waals surface area (Å²) in [5.74, 6) is -2.34. The number of anilines is 1. The van der Waals surface area contributed by atoms with Crippen LogP contribution in [0.1, 0.15) is 47.9 Å². The molecule has 0 saturated carbocycles. The number of ether oxygens (including phenoxy) is 1. The van der Waals surface area contributed by atoms with Crippen molar-refractivity contribution in [2.24, 2.45) is 0 Å². The molecule has 2 atom stereocenters. The molecule has 0 unspecified atom stereocenters. The van der Waals surface area contributed by atoms with Crippen LogP contribution >= 0.6 is 0 Å². The van der Waals surface area contributed by atoms with Gasteiger partial charge >= 0.3 is 6.18 Å². The molecule has 0 bridgehead atoms. The minimum atomic E-state index is -5.14. The number of carbonyl (C=O) groups excluding carboxylic acids is 1. The molecule has 0 radical (unpaired) electrons. The minimum Gasteiger partial charge on any atom is -0.493 e. The van der Waals surface area contributed by atoms with Gasteiger partial charge in [0.2, 0.25) is 0 Å². The Labute approximate surface area is 197 Å². The molecular formula is C23H23F4N5O3. The highest BCUT2D eigenvalue weighted by molar-refractivity contribution is 5.97. The molecule has 3 aromatic rings. The van der Waals surface area contributed by atoms with Crippen LogP contribution < -0.4 is 15.8 Å². The molecule has 0 saturated heterocycles. The van der Waals surface area contributed by atoms with E-state index in [4.69, 9.17) is 10.5 Å². The maximum absolute atomic E-state index is 14.5. The summed E-state index contributed by atoms with van der Waals surface area (Å²) in [5, 5.41) is 20.8. The van der Waals surface area contributed by atoms with E-state index in [1.807, 2.05) is 0 Å². The molecule has 1 heterocycles. The van der Waals surface area contributed by atoms with Crippen molar-refractivity contribution in [1.29, 1.82) is 0 Å². The van der Waals surface area contributed by atoms with Crippen LogP contribution in [-0.2, 0) is 5.41 Å². The first-order chi connectivity index (χ1) is 16.3.